The molecule has 0 spiro atoms. The Morgan fingerprint density at radius 1 is 1.47 bits per heavy atom. The van der Waals surface area contributed by atoms with E-state index in [2.05, 4.69) is 17.6 Å². The van der Waals surface area contributed by atoms with Gasteiger partial charge in [-0.15, -0.1) is 0 Å². The lowest BCUT2D eigenvalue weighted by molar-refractivity contribution is -0.126. The van der Waals surface area contributed by atoms with Gasteiger partial charge in [0.15, 0.2) is 0 Å². The minimum absolute atomic E-state index is 0.0247. The Bertz CT molecular complexity index is 556. The van der Waals surface area contributed by atoms with Crippen LogP contribution in [-0.2, 0) is 4.79 Å². The van der Waals surface area contributed by atoms with E-state index in [-0.39, 0.29) is 11.9 Å². The van der Waals surface area contributed by atoms with Crippen molar-refractivity contribution in [2.75, 3.05) is 7.05 Å². The lowest BCUT2D eigenvalue weighted by Crippen LogP contribution is -2.27. The van der Waals surface area contributed by atoms with Gasteiger partial charge < -0.3 is 9.88 Å². The molecule has 0 aliphatic carbocycles. The van der Waals surface area contributed by atoms with Gasteiger partial charge >= 0.3 is 0 Å². The molecule has 1 atom stereocenters. The summed E-state index contributed by atoms with van der Waals surface area (Å²) in [6.07, 6.45) is 3.30. The topological polar surface area (TPSA) is 36.1 Å². The minimum Gasteiger partial charge on any atom is -0.361 e. The largest absolute Gasteiger partial charge is 0.361 e. The molecule has 1 aromatic carbocycles. The minimum atomic E-state index is -0.0669. The summed E-state index contributed by atoms with van der Waals surface area (Å²) >= 11 is 0. The molecule has 3 heteroatoms. The van der Waals surface area contributed by atoms with Crippen LogP contribution in [0.25, 0.3) is 10.9 Å². The standard InChI is InChI=1S/C14H16N2O/c1-4-14(17)16(3)10(2)12-9-15-13-8-6-5-7-11(12)13/h4-10,15H,1H2,2-3H3. The molecule has 1 heterocycles. The highest BCUT2D eigenvalue weighted by atomic mass is 16.2. The van der Waals surface area contributed by atoms with Crippen molar-refractivity contribution in [3.8, 4) is 0 Å². The van der Waals surface area contributed by atoms with Crippen molar-refractivity contribution in [1.82, 2.24) is 9.88 Å². The first kappa shape index (κ1) is 11.5. The molecular formula is C14H16N2O. The van der Waals surface area contributed by atoms with Crippen LogP contribution in [0, 0.1) is 0 Å². The Morgan fingerprint density at radius 3 is 2.88 bits per heavy atom. The SMILES string of the molecule is C=CC(=O)N(C)C(C)c1c[nH]c2ccccc12. The lowest BCUT2D eigenvalue weighted by atomic mass is 10.1. The first-order chi connectivity index (χ1) is 8.15. The molecule has 2 aromatic rings. The first-order valence-corrected chi connectivity index (χ1v) is 5.60. The number of nitrogens with one attached hydrogen (secondary N) is 1. The molecule has 1 unspecified atom stereocenters. The Kier molecular flexibility index (Phi) is 3.00. The van der Waals surface area contributed by atoms with Crippen molar-refractivity contribution < 1.29 is 4.79 Å². The number of carbonyl (C=O) groups is 1. The van der Waals surface area contributed by atoms with Crippen molar-refractivity contribution in [3.05, 3.63) is 48.7 Å². The van der Waals surface area contributed by atoms with Crippen LogP contribution in [0.1, 0.15) is 18.5 Å². The maximum atomic E-state index is 11.6. The third-order valence-electron chi connectivity index (χ3n) is 3.17. The quantitative estimate of drug-likeness (QED) is 0.806. The Balaban J connectivity index is 2.40. The van der Waals surface area contributed by atoms with Gasteiger partial charge in [0, 0.05) is 24.1 Å². The monoisotopic (exact) mass is 228 g/mol. The van der Waals surface area contributed by atoms with Gasteiger partial charge in [0.05, 0.1) is 6.04 Å². The van der Waals surface area contributed by atoms with E-state index in [9.17, 15) is 4.79 Å². The van der Waals surface area contributed by atoms with Crippen LogP contribution >= 0.6 is 0 Å². The number of benzene rings is 1. The van der Waals surface area contributed by atoms with E-state index in [1.807, 2.05) is 31.3 Å². The highest BCUT2D eigenvalue weighted by Gasteiger charge is 2.17. The van der Waals surface area contributed by atoms with Crippen molar-refractivity contribution in [1.29, 1.82) is 0 Å². The van der Waals surface area contributed by atoms with Gasteiger partial charge in [-0.2, -0.15) is 0 Å². The third-order valence-corrected chi connectivity index (χ3v) is 3.17. The van der Waals surface area contributed by atoms with Crippen molar-refractivity contribution >= 4 is 16.8 Å². The van der Waals surface area contributed by atoms with Crippen LogP contribution in [0.3, 0.4) is 0 Å². The van der Waals surface area contributed by atoms with Crippen LogP contribution in [0.5, 0.6) is 0 Å². The summed E-state index contributed by atoms with van der Waals surface area (Å²) in [6.45, 7) is 5.52. The fourth-order valence-electron chi connectivity index (χ4n) is 1.98. The summed E-state index contributed by atoms with van der Waals surface area (Å²) < 4.78 is 0. The number of nitrogens with zero attached hydrogens (tertiary/aromatic N) is 1. The van der Waals surface area contributed by atoms with Gasteiger partial charge in [-0.1, -0.05) is 24.8 Å². The van der Waals surface area contributed by atoms with E-state index < -0.39 is 0 Å². The number of aromatic nitrogens is 1. The molecule has 0 fully saturated rings. The number of hydrogen-bond acceptors (Lipinski definition) is 1. The second-order valence-corrected chi connectivity index (χ2v) is 4.12. The molecule has 88 valence electrons. The second-order valence-electron chi connectivity index (χ2n) is 4.12. The fraction of sp³-hybridized carbons (Fsp3) is 0.214. The van der Waals surface area contributed by atoms with Gasteiger partial charge in [-0.3, -0.25) is 4.79 Å². The number of para-hydroxylation sites is 1. The predicted molar refractivity (Wildman–Crippen MR) is 69.7 cm³/mol. The van der Waals surface area contributed by atoms with Crippen LogP contribution in [0.4, 0.5) is 0 Å². The summed E-state index contributed by atoms with van der Waals surface area (Å²) in [5, 5.41) is 1.16. The predicted octanol–water partition coefficient (Wildman–Crippen LogP) is 2.87. The summed E-state index contributed by atoms with van der Waals surface area (Å²) in [5.74, 6) is -0.0669. The van der Waals surface area contributed by atoms with Gasteiger partial charge in [0.25, 0.3) is 0 Å². The maximum absolute atomic E-state index is 11.6. The number of amides is 1. The molecule has 3 nitrogen and oxygen atoms in total. The zero-order chi connectivity index (χ0) is 12.4. The van der Waals surface area contributed by atoms with E-state index in [0.29, 0.717) is 0 Å². The van der Waals surface area contributed by atoms with Crippen LogP contribution in [0.15, 0.2) is 43.1 Å². The summed E-state index contributed by atoms with van der Waals surface area (Å²) in [7, 11) is 1.79. The van der Waals surface area contributed by atoms with Crippen LogP contribution in [-0.4, -0.2) is 22.8 Å². The molecule has 0 radical (unpaired) electrons. The number of H-pyrrole nitrogens is 1. The van der Waals surface area contributed by atoms with E-state index in [1.54, 1.807) is 11.9 Å². The number of carbonyl (C=O) groups excluding carboxylic acids is 1. The number of rotatable bonds is 3. The molecule has 0 aliphatic heterocycles. The molecule has 1 N–H and O–H groups in total. The Morgan fingerprint density at radius 2 is 2.18 bits per heavy atom. The molecule has 2 rings (SSSR count). The number of hydrogen-bond donors (Lipinski definition) is 1. The van der Waals surface area contributed by atoms with Crippen LogP contribution < -0.4 is 0 Å². The smallest absolute Gasteiger partial charge is 0.246 e. The zero-order valence-corrected chi connectivity index (χ0v) is 10.1. The molecule has 0 saturated heterocycles. The lowest BCUT2D eigenvalue weighted by Gasteiger charge is -2.23. The highest BCUT2D eigenvalue weighted by Crippen LogP contribution is 2.27. The molecule has 1 aromatic heterocycles. The molecule has 0 saturated carbocycles. The van der Waals surface area contributed by atoms with Gasteiger partial charge in [-0.25, -0.2) is 0 Å². The molecule has 1 amide bonds. The zero-order valence-electron chi connectivity index (χ0n) is 10.1. The van der Waals surface area contributed by atoms with E-state index in [4.69, 9.17) is 0 Å². The number of aromatic amines is 1. The van der Waals surface area contributed by atoms with Gasteiger partial charge in [-0.05, 0) is 24.6 Å². The number of fused-ring (bicyclic) bond motifs is 1. The highest BCUT2D eigenvalue weighted by molar-refractivity contribution is 5.88. The van der Waals surface area contributed by atoms with Crippen LogP contribution in [0.2, 0.25) is 0 Å². The molecule has 0 aliphatic rings. The van der Waals surface area contributed by atoms with E-state index in [0.717, 1.165) is 16.5 Å². The Hall–Kier alpha value is -2.03. The Labute approximate surface area is 101 Å². The molecular weight excluding hydrogens is 212 g/mol. The summed E-state index contributed by atoms with van der Waals surface area (Å²) in [6, 6.07) is 8.11. The van der Waals surface area contributed by atoms with Crippen molar-refractivity contribution in [3.63, 3.8) is 0 Å². The van der Waals surface area contributed by atoms with Crippen molar-refractivity contribution in [2.24, 2.45) is 0 Å². The molecule has 0 bridgehead atoms. The average molecular weight is 228 g/mol. The van der Waals surface area contributed by atoms with Crippen molar-refractivity contribution in [2.45, 2.75) is 13.0 Å². The van der Waals surface area contributed by atoms with Gasteiger partial charge in [0.2, 0.25) is 5.91 Å². The van der Waals surface area contributed by atoms with E-state index in [1.165, 1.54) is 6.08 Å². The summed E-state index contributed by atoms with van der Waals surface area (Å²) in [5.41, 5.74) is 2.21. The summed E-state index contributed by atoms with van der Waals surface area (Å²) in [4.78, 5) is 16.5. The fourth-order valence-corrected chi connectivity index (χ4v) is 1.98. The normalized spacial score (nSPS) is 12.4. The first-order valence-electron chi connectivity index (χ1n) is 5.60. The maximum Gasteiger partial charge on any atom is 0.246 e. The average Bonchev–Trinajstić information content (AvgIpc) is 2.79. The molecule has 17 heavy (non-hydrogen) atoms. The van der Waals surface area contributed by atoms with Gasteiger partial charge in [0.1, 0.15) is 0 Å². The van der Waals surface area contributed by atoms with E-state index >= 15 is 0 Å². The third kappa shape index (κ3) is 1.96. The number of likely N-dealkylation sites (N-methyl/N-ethyl adjacent to an activating group) is 1. The second kappa shape index (κ2) is 4.45.